The van der Waals surface area contributed by atoms with E-state index in [-0.39, 0.29) is 5.91 Å². The largest absolute Gasteiger partial charge is 0.320 e. The van der Waals surface area contributed by atoms with Gasteiger partial charge in [0.2, 0.25) is 0 Å². The van der Waals surface area contributed by atoms with Gasteiger partial charge in [0.25, 0.3) is 5.91 Å². The summed E-state index contributed by atoms with van der Waals surface area (Å²) in [6, 6.07) is 5.65. The Morgan fingerprint density at radius 1 is 1.30 bits per heavy atom. The molecule has 0 aromatic heterocycles. The molecular formula is C16H21N3O. The lowest BCUT2D eigenvalue weighted by molar-refractivity contribution is 0.0750. The van der Waals surface area contributed by atoms with Crippen molar-refractivity contribution in [1.82, 2.24) is 10.4 Å². The minimum atomic E-state index is -0.0635. The van der Waals surface area contributed by atoms with Gasteiger partial charge in [-0.05, 0) is 43.5 Å². The number of nitrogens with two attached hydrogens (primary N) is 1. The van der Waals surface area contributed by atoms with Gasteiger partial charge in [0.1, 0.15) is 0 Å². The number of nitrogens with one attached hydrogen (secondary N) is 1. The summed E-state index contributed by atoms with van der Waals surface area (Å²) >= 11 is 0. The van der Waals surface area contributed by atoms with Crippen LogP contribution in [0.5, 0.6) is 0 Å². The number of amides is 1. The predicted octanol–water partition coefficient (Wildman–Crippen LogP) is 1.44. The zero-order chi connectivity index (χ0) is 14.4. The topological polar surface area (TPSA) is 58.4 Å². The Balaban J connectivity index is 2.10. The molecule has 1 aliphatic rings. The van der Waals surface area contributed by atoms with Crippen LogP contribution in [0.25, 0.3) is 0 Å². The summed E-state index contributed by atoms with van der Waals surface area (Å²) in [4.78, 5) is 12.3. The van der Waals surface area contributed by atoms with Crippen molar-refractivity contribution >= 4 is 5.91 Å². The van der Waals surface area contributed by atoms with Gasteiger partial charge in [0.05, 0.1) is 6.54 Å². The monoisotopic (exact) mass is 271 g/mol. The number of carbonyl (C=O) groups excluding carboxylic acids is 1. The average molecular weight is 271 g/mol. The molecule has 20 heavy (non-hydrogen) atoms. The van der Waals surface area contributed by atoms with Gasteiger partial charge in [-0.15, -0.1) is 0 Å². The van der Waals surface area contributed by atoms with Crippen LogP contribution < -0.4 is 11.2 Å². The minimum absolute atomic E-state index is 0.0635. The van der Waals surface area contributed by atoms with Crippen LogP contribution in [0.3, 0.4) is 0 Å². The Kier molecular flexibility index (Phi) is 5.16. The molecule has 0 aliphatic carbocycles. The quantitative estimate of drug-likeness (QED) is 0.800. The lowest BCUT2D eigenvalue weighted by Crippen LogP contribution is -2.45. The van der Waals surface area contributed by atoms with Crippen LogP contribution in [-0.2, 0) is 0 Å². The van der Waals surface area contributed by atoms with E-state index in [0.717, 1.165) is 37.1 Å². The van der Waals surface area contributed by atoms with Gasteiger partial charge in [-0.2, -0.15) is 0 Å². The smallest absolute Gasteiger partial charge is 0.265 e. The number of nitrogens with zero attached hydrogens (tertiary/aromatic N) is 1. The normalized spacial score (nSPS) is 15.3. The van der Waals surface area contributed by atoms with Crippen LogP contribution in [0.15, 0.2) is 18.2 Å². The number of carbonyl (C=O) groups is 1. The first kappa shape index (κ1) is 14.6. The minimum Gasteiger partial charge on any atom is -0.320 e. The van der Waals surface area contributed by atoms with Gasteiger partial charge < -0.3 is 5.73 Å². The van der Waals surface area contributed by atoms with Crippen LogP contribution in [0.2, 0.25) is 0 Å². The van der Waals surface area contributed by atoms with Crippen LogP contribution in [-0.4, -0.2) is 30.6 Å². The second-order valence-corrected chi connectivity index (χ2v) is 5.08. The zero-order valence-electron chi connectivity index (χ0n) is 11.9. The van der Waals surface area contributed by atoms with Crippen molar-refractivity contribution in [1.29, 1.82) is 0 Å². The lowest BCUT2D eigenvalue weighted by atomic mass is 10.1. The number of rotatable bonds is 2. The van der Waals surface area contributed by atoms with Crippen molar-refractivity contribution < 1.29 is 4.79 Å². The molecule has 0 unspecified atom stereocenters. The van der Waals surface area contributed by atoms with Crippen molar-refractivity contribution in [3.63, 3.8) is 0 Å². The number of hydrogen-bond donors (Lipinski definition) is 2. The van der Waals surface area contributed by atoms with Crippen molar-refractivity contribution in [3.05, 3.63) is 34.9 Å². The molecule has 4 heteroatoms. The average Bonchev–Trinajstić information content (AvgIpc) is 2.45. The van der Waals surface area contributed by atoms with E-state index >= 15 is 0 Å². The maximum absolute atomic E-state index is 12.3. The molecule has 1 saturated heterocycles. The zero-order valence-corrected chi connectivity index (χ0v) is 11.9. The first-order valence-corrected chi connectivity index (χ1v) is 7.05. The van der Waals surface area contributed by atoms with E-state index in [4.69, 9.17) is 5.73 Å². The Morgan fingerprint density at radius 2 is 2.05 bits per heavy atom. The van der Waals surface area contributed by atoms with Gasteiger partial charge in [0, 0.05) is 24.2 Å². The highest BCUT2D eigenvalue weighted by molar-refractivity contribution is 5.94. The lowest BCUT2D eigenvalue weighted by Gasteiger charge is -2.26. The van der Waals surface area contributed by atoms with E-state index in [1.807, 2.05) is 30.1 Å². The van der Waals surface area contributed by atoms with E-state index in [9.17, 15) is 4.79 Å². The van der Waals surface area contributed by atoms with Crippen molar-refractivity contribution in [2.75, 3.05) is 19.6 Å². The van der Waals surface area contributed by atoms with Gasteiger partial charge in [-0.25, -0.2) is 5.01 Å². The first-order valence-electron chi connectivity index (χ1n) is 7.05. The van der Waals surface area contributed by atoms with Gasteiger partial charge in [0.15, 0.2) is 0 Å². The fourth-order valence-electron chi connectivity index (χ4n) is 2.35. The van der Waals surface area contributed by atoms with E-state index in [0.29, 0.717) is 12.1 Å². The van der Waals surface area contributed by atoms with E-state index in [2.05, 4.69) is 17.3 Å². The number of aryl methyl sites for hydroxylation is 1. The molecule has 1 aromatic rings. The number of piperidine rings is 1. The molecule has 3 N–H and O–H groups in total. The Morgan fingerprint density at radius 3 is 2.75 bits per heavy atom. The van der Waals surface area contributed by atoms with Crippen LogP contribution in [0.4, 0.5) is 0 Å². The van der Waals surface area contributed by atoms with E-state index in [1.54, 1.807) is 0 Å². The second-order valence-electron chi connectivity index (χ2n) is 5.08. The van der Waals surface area contributed by atoms with Crippen molar-refractivity contribution in [2.24, 2.45) is 5.73 Å². The van der Waals surface area contributed by atoms with Crippen molar-refractivity contribution in [3.8, 4) is 11.8 Å². The summed E-state index contributed by atoms with van der Waals surface area (Å²) < 4.78 is 0. The van der Waals surface area contributed by atoms with Crippen molar-refractivity contribution in [2.45, 2.75) is 26.2 Å². The summed E-state index contributed by atoms with van der Waals surface area (Å²) in [6.45, 7) is 4.14. The molecule has 1 amide bonds. The Bertz CT molecular complexity index is 536. The maximum Gasteiger partial charge on any atom is 0.265 e. The highest BCUT2D eigenvalue weighted by Gasteiger charge is 2.14. The van der Waals surface area contributed by atoms with E-state index in [1.165, 1.54) is 6.42 Å². The standard InChI is InChI=1S/C16H21N3O/c1-13-10-14(6-5-7-17)12-15(11-13)16(20)18-19-8-3-2-4-9-19/h10-12H,2-4,7-9,17H2,1H3,(H,18,20). The highest BCUT2D eigenvalue weighted by atomic mass is 16.2. The number of hydrazine groups is 1. The fourth-order valence-corrected chi connectivity index (χ4v) is 2.35. The van der Waals surface area contributed by atoms with Crippen LogP contribution in [0.1, 0.15) is 40.7 Å². The molecule has 1 aromatic carbocycles. The molecule has 0 radical (unpaired) electrons. The molecule has 0 atom stereocenters. The summed E-state index contributed by atoms with van der Waals surface area (Å²) in [5, 5.41) is 2.00. The Hall–Kier alpha value is -1.83. The third kappa shape index (κ3) is 4.09. The van der Waals surface area contributed by atoms with Gasteiger partial charge >= 0.3 is 0 Å². The molecule has 0 bridgehead atoms. The summed E-state index contributed by atoms with van der Waals surface area (Å²) in [5.74, 6) is 5.73. The molecule has 4 nitrogen and oxygen atoms in total. The molecule has 106 valence electrons. The molecular weight excluding hydrogens is 250 g/mol. The van der Waals surface area contributed by atoms with E-state index < -0.39 is 0 Å². The molecule has 0 saturated carbocycles. The highest BCUT2D eigenvalue weighted by Crippen LogP contribution is 2.11. The summed E-state index contributed by atoms with van der Waals surface area (Å²) in [6.07, 6.45) is 3.53. The summed E-state index contributed by atoms with van der Waals surface area (Å²) in [5.41, 5.74) is 10.9. The number of hydrogen-bond acceptors (Lipinski definition) is 3. The summed E-state index contributed by atoms with van der Waals surface area (Å²) in [7, 11) is 0. The fraction of sp³-hybridized carbons (Fsp3) is 0.438. The van der Waals surface area contributed by atoms with Gasteiger partial charge in [-0.3, -0.25) is 10.2 Å². The molecule has 1 fully saturated rings. The molecule has 1 aliphatic heterocycles. The van der Waals surface area contributed by atoms with Crippen LogP contribution >= 0.6 is 0 Å². The molecule has 2 rings (SSSR count). The van der Waals surface area contributed by atoms with Gasteiger partial charge in [-0.1, -0.05) is 18.3 Å². The third-order valence-electron chi connectivity index (χ3n) is 3.29. The second kappa shape index (κ2) is 7.09. The third-order valence-corrected chi connectivity index (χ3v) is 3.29. The predicted molar refractivity (Wildman–Crippen MR) is 80.0 cm³/mol. The molecule has 1 heterocycles. The Labute approximate surface area is 120 Å². The first-order chi connectivity index (χ1) is 9.69. The maximum atomic E-state index is 12.3. The SMILES string of the molecule is Cc1cc(C#CCN)cc(C(=O)NN2CCCCC2)c1. The number of benzene rings is 1. The molecule has 0 spiro atoms. The van der Waals surface area contributed by atoms with Crippen LogP contribution in [0, 0.1) is 18.8 Å².